The van der Waals surface area contributed by atoms with Crippen molar-refractivity contribution in [3.8, 4) is 0 Å². The summed E-state index contributed by atoms with van der Waals surface area (Å²) < 4.78 is 5.26. The van der Waals surface area contributed by atoms with Gasteiger partial charge in [0, 0.05) is 19.8 Å². The first kappa shape index (κ1) is 15.0. The predicted octanol–water partition coefficient (Wildman–Crippen LogP) is 1.28. The summed E-state index contributed by atoms with van der Waals surface area (Å²) in [5, 5.41) is 11.7. The second-order valence-corrected chi connectivity index (χ2v) is 5.20. The van der Waals surface area contributed by atoms with Crippen molar-refractivity contribution in [2.75, 3.05) is 19.8 Å². The van der Waals surface area contributed by atoms with Gasteiger partial charge in [-0.3, -0.25) is 9.59 Å². The Balaban J connectivity index is 2.28. The van der Waals surface area contributed by atoms with E-state index in [9.17, 15) is 9.59 Å². The van der Waals surface area contributed by atoms with Gasteiger partial charge in [0.2, 0.25) is 5.91 Å². The van der Waals surface area contributed by atoms with Gasteiger partial charge in [0.1, 0.15) is 5.92 Å². The molecule has 104 valence electrons. The molecule has 1 unspecified atom stereocenters. The number of carboxylic acid groups (broad SMARTS) is 1. The number of rotatable bonds is 6. The second kappa shape index (κ2) is 7.36. The van der Waals surface area contributed by atoms with Gasteiger partial charge in [-0.2, -0.15) is 0 Å². The first-order chi connectivity index (χ1) is 8.52. The van der Waals surface area contributed by atoms with Crippen LogP contribution in [-0.4, -0.2) is 36.7 Å². The lowest BCUT2D eigenvalue weighted by atomic mass is 9.94. The fourth-order valence-corrected chi connectivity index (χ4v) is 2.24. The van der Waals surface area contributed by atoms with Crippen LogP contribution in [0.5, 0.6) is 0 Å². The molecule has 0 aliphatic carbocycles. The van der Waals surface area contributed by atoms with Gasteiger partial charge in [0.05, 0.1) is 0 Å². The molecule has 1 rings (SSSR count). The standard InChI is InChI=1S/C13H23NO4/c1-9(2)11(13(16)17)12(15)14-6-3-10-4-7-18-8-5-10/h9-11H,3-8H2,1-2H3,(H,14,15)(H,16,17). The summed E-state index contributed by atoms with van der Waals surface area (Å²) in [6.07, 6.45) is 2.96. The molecule has 0 bridgehead atoms. The lowest BCUT2D eigenvalue weighted by molar-refractivity contribution is -0.148. The summed E-state index contributed by atoms with van der Waals surface area (Å²) in [6, 6.07) is 0. The Bertz CT molecular complexity index is 285. The van der Waals surface area contributed by atoms with Gasteiger partial charge in [-0.05, 0) is 31.1 Å². The normalized spacial score (nSPS) is 18.6. The lowest BCUT2D eigenvalue weighted by Crippen LogP contribution is -2.39. The maximum absolute atomic E-state index is 11.8. The van der Waals surface area contributed by atoms with Crippen LogP contribution in [0.2, 0.25) is 0 Å². The smallest absolute Gasteiger partial charge is 0.316 e. The van der Waals surface area contributed by atoms with Crippen molar-refractivity contribution in [1.29, 1.82) is 0 Å². The molecule has 1 aliphatic heterocycles. The molecular weight excluding hydrogens is 234 g/mol. The van der Waals surface area contributed by atoms with E-state index in [1.54, 1.807) is 13.8 Å². The van der Waals surface area contributed by atoms with Crippen LogP contribution in [0, 0.1) is 17.8 Å². The molecule has 0 radical (unpaired) electrons. The molecule has 1 aliphatic rings. The predicted molar refractivity (Wildman–Crippen MR) is 67.1 cm³/mol. The number of amides is 1. The lowest BCUT2D eigenvalue weighted by Gasteiger charge is -2.22. The van der Waals surface area contributed by atoms with Crippen LogP contribution in [0.4, 0.5) is 0 Å². The molecule has 1 amide bonds. The minimum atomic E-state index is -1.05. The highest BCUT2D eigenvalue weighted by Gasteiger charge is 2.29. The number of hydrogen-bond donors (Lipinski definition) is 2. The van der Waals surface area contributed by atoms with Crippen LogP contribution in [0.3, 0.4) is 0 Å². The molecule has 0 saturated carbocycles. The summed E-state index contributed by atoms with van der Waals surface area (Å²) in [5.74, 6) is -1.97. The number of hydrogen-bond acceptors (Lipinski definition) is 3. The van der Waals surface area contributed by atoms with Crippen LogP contribution in [0.25, 0.3) is 0 Å². The zero-order valence-electron chi connectivity index (χ0n) is 11.1. The Labute approximate surface area is 108 Å². The molecule has 2 N–H and O–H groups in total. The van der Waals surface area contributed by atoms with E-state index in [4.69, 9.17) is 9.84 Å². The van der Waals surface area contributed by atoms with E-state index < -0.39 is 11.9 Å². The number of aliphatic carboxylic acids is 1. The van der Waals surface area contributed by atoms with Crippen LogP contribution in [-0.2, 0) is 14.3 Å². The quantitative estimate of drug-likeness (QED) is 0.703. The van der Waals surface area contributed by atoms with E-state index >= 15 is 0 Å². The van der Waals surface area contributed by atoms with E-state index in [1.807, 2.05) is 0 Å². The summed E-state index contributed by atoms with van der Waals surface area (Å²) in [7, 11) is 0. The molecule has 1 fully saturated rings. The topological polar surface area (TPSA) is 75.6 Å². The second-order valence-electron chi connectivity index (χ2n) is 5.20. The van der Waals surface area contributed by atoms with Crippen LogP contribution in [0.15, 0.2) is 0 Å². The maximum Gasteiger partial charge on any atom is 0.316 e. The fourth-order valence-electron chi connectivity index (χ4n) is 2.24. The van der Waals surface area contributed by atoms with E-state index in [-0.39, 0.29) is 11.8 Å². The SMILES string of the molecule is CC(C)C(C(=O)O)C(=O)NCCC1CCOCC1. The van der Waals surface area contributed by atoms with Gasteiger partial charge in [-0.25, -0.2) is 0 Å². The molecule has 1 heterocycles. The Hall–Kier alpha value is -1.10. The molecule has 0 aromatic heterocycles. The highest BCUT2D eigenvalue weighted by molar-refractivity contribution is 5.97. The van der Waals surface area contributed by atoms with Gasteiger partial charge >= 0.3 is 5.97 Å². The van der Waals surface area contributed by atoms with Crippen molar-refractivity contribution < 1.29 is 19.4 Å². The maximum atomic E-state index is 11.8. The van der Waals surface area contributed by atoms with Gasteiger partial charge in [-0.1, -0.05) is 13.8 Å². The van der Waals surface area contributed by atoms with Gasteiger partial charge in [-0.15, -0.1) is 0 Å². The Morgan fingerprint density at radius 3 is 2.44 bits per heavy atom. The van der Waals surface area contributed by atoms with Gasteiger partial charge in [0.25, 0.3) is 0 Å². The highest BCUT2D eigenvalue weighted by atomic mass is 16.5. The minimum Gasteiger partial charge on any atom is -0.481 e. The first-order valence-corrected chi connectivity index (χ1v) is 6.60. The monoisotopic (exact) mass is 257 g/mol. The summed E-state index contributed by atoms with van der Waals surface area (Å²) in [6.45, 7) is 5.64. The summed E-state index contributed by atoms with van der Waals surface area (Å²) in [4.78, 5) is 22.7. The third-order valence-corrected chi connectivity index (χ3v) is 3.41. The number of ether oxygens (including phenoxy) is 1. The molecule has 0 aromatic carbocycles. The third kappa shape index (κ3) is 4.64. The molecule has 5 nitrogen and oxygen atoms in total. The number of carbonyl (C=O) groups excluding carboxylic acids is 1. The minimum absolute atomic E-state index is 0.189. The Kier molecular flexibility index (Phi) is 6.12. The fraction of sp³-hybridized carbons (Fsp3) is 0.846. The van der Waals surface area contributed by atoms with E-state index in [1.165, 1.54) is 0 Å². The van der Waals surface area contributed by atoms with Crippen LogP contribution in [0.1, 0.15) is 33.1 Å². The molecule has 18 heavy (non-hydrogen) atoms. The van der Waals surface area contributed by atoms with E-state index in [0.29, 0.717) is 12.5 Å². The van der Waals surface area contributed by atoms with Crippen molar-refractivity contribution in [1.82, 2.24) is 5.32 Å². The van der Waals surface area contributed by atoms with Crippen LogP contribution < -0.4 is 5.32 Å². The van der Waals surface area contributed by atoms with E-state index in [0.717, 1.165) is 32.5 Å². The summed E-state index contributed by atoms with van der Waals surface area (Å²) in [5.41, 5.74) is 0. The number of carboxylic acids is 1. The Morgan fingerprint density at radius 2 is 1.94 bits per heavy atom. The zero-order chi connectivity index (χ0) is 13.5. The van der Waals surface area contributed by atoms with Crippen molar-refractivity contribution >= 4 is 11.9 Å². The van der Waals surface area contributed by atoms with Gasteiger partial charge in [0.15, 0.2) is 0 Å². The molecule has 1 saturated heterocycles. The van der Waals surface area contributed by atoms with E-state index in [2.05, 4.69) is 5.32 Å². The zero-order valence-corrected chi connectivity index (χ0v) is 11.1. The molecule has 5 heteroatoms. The van der Waals surface area contributed by atoms with Crippen molar-refractivity contribution in [2.45, 2.75) is 33.1 Å². The average Bonchev–Trinajstić information content (AvgIpc) is 2.29. The summed E-state index contributed by atoms with van der Waals surface area (Å²) >= 11 is 0. The number of nitrogens with one attached hydrogen (secondary N) is 1. The highest BCUT2D eigenvalue weighted by Crippen LogP contribution is 2.18. The third-order valence-electron chi connectivity index (χ3n) is 3.41. The first-order valence-electron chi connectivity index (χ1n) is 6.60. The van der Waals surface area contributed by atoms with Crippen molar-refractivity contribution in [3.05, 3.63) is 0 Å². The molecule has 1 atom stereocenters. The van der Waals surface area contributed by atoms with Crippen molar-refractivity contribution in [2.24, 2.45) is 17.8 Å². The molecule has 0 aromatic rings. The molecule has 0 spiro atoms. The Morgan fingerprint density at radius 1 is 1.33 bits per heavy atom. The largest absolute Gasteiger partial charge is 0.481 e. The molecular formula is C13H23NO4. The van der Waals surface area contributed by atoms with Crippen LogP contribution >= 0.6 is 0 Å². The van der Waals surface area contributed by atoms with Gasteiger partial charge < -0.3 is 15.2 Å². The average molecular weight is 257 g/mol. The number of carbonyl (C=O) groups is 2. The van der Waals surface area contributed by atoms with Crippen molar-refractivity contribution in [3.63, 3.8) is 0 Å².